The number of halogens is 1. The Morgan fingerprint density at radius 3 is 2.60 bits per heavy atom. The van der Waals surface area contributed by atoms with E-state index >= 15 is 0 Å². The molecule has 0 radical (unpaired) electrons. The topological polar surface area (TPSA) is 104 Å². The molecule has 3 aromatic heterocycles. The number of amides is 1. The summed E-state index contributed by atoms with van der Waals surface area (Å²) in [5.74, 6) is -0.189. The number of carbonyl (C=O) groups excluding carboxylic acids is 1. The molecule has 12 heteroatoms. The van der Waals surface area contributed by atoms with Crippen molar-refractivity contribution < 1.29 is 13.9 Å². The fraction of sp³-hybridized carbons (Fsp3) is 0.348. The predicted molar refractivity (Wildman–Crippen MR) is 128 cm³/mol. The molecular weight excluding hydrogens is 475 g/mol. The normalized spacial score (nSPS) is 15.9. The maximum atomic E-state index is 13.9. The molecule has 4 aromatic rings. The summed E-state index contributed by atoms with van der Waals surface area (Å²) in [5, 5.41) is 9.29. The van der Waals surface area contributed by atoms with E-state index in [1.165, 1.54) is 63.3 Å². The molecular formula is C23H23FN6O4S. The zero-order valence-corrected chi connectivity index (χ0v) is 20.2. The van der Waals surface area contributed by atoms with Crippen molar-refractivity contribution in [2.24, 2.45) is 0 Å². The molecule has 4 heterocycles. The first-order chi connectivity index (χ1) is 16.8. The summed E-state index contributed by atoms with van der Waals surface area (Å²) in [4.78, 5) is 43.5. The molecule has 1 aromatic carbocycles. The molecule has 0 spiro atoms. The maximum absolute atomic E-state index is 13.9. The molecule has 35 heavy (non-hydrogen) atoms. The van der Waals surface area contributed by atoms with E-state index in [2.05, 4.69) is 10.2 Å². The zero-order chi connectivity index (χ0) is 24.9. The lowest BCUT2D eigenvalue weighted by molar-refractivity contribution is -0.129. The van der Waals surface area contributed by atoms with E-state index in [1.807, 2.05) is 0 Å². The van der Waals surface area contributed by atoms with Gasteiger partial charge in [0.25, 0.3) is 5.56 Å². The number of ether oxygens (including phenoxy) is 1. The van der Waals surface area contributed by atoms with E-state index in [1.54, 1.807) is 14.0 Å². The molecule has 0 saturated carbocycles. The van der Waals surface area contributed by atoms with Gasteiger partial charge < -0.3 is 9.64 Å². The van der Waals surface area contributed by atoms with Gasteiger partial charge in [0, 0.05) is 25.7 Å². The number of nitrogens with zero attached hydrogens (tertiary/aromatic N) is 6. The predicted octanol–water partition coefficient (Wildman–Crippen LogP) is 1.91. The zero-order valence-electron chi connectivity index (χ0n) is 19.4. The van der Waals surface area contributed by atoms with Gasteiger partial charge in [0.2, 0.25) is 5.91 Å². The fourth-order valence-electron chi connectivity index (χ4n) is 4.55. The molecule has 0 aliphatic carbocycles. The van der Waals surface area contributed by atoms with E-state index in [0.717, 1.165) is 4.57 Å². The van der Waals surface area contributed by atoms with Crippen molar-refractivity contribution in [3.63, 3.8) is 0 Å². The Balaban J connectivity index is 1.72. The van der Waals surface area contributed by atoms with Crippen LogP contribution in [-0.4, -0.2) is 55.6 Å². The number of likely N-dealkylation sites (tertiary alicyclic amines) is 1. The van der Waals surface area contributed by atoms with Crippen molar-refractivity contribution in [3.8, 4) is 10.8 Å². The molecule has 1 aliphatic rings. The quantitative estimate of drug-likeness (QED) is 0.402. The van der Waals surface area contributed by atoms with Gasteiger partial charge in [-0.15, -0.1) is 4.80 Å². The number of hydrogen-bond acceptors (Lipinski definition) is 7. The van der Waals surface area contributed by atoms with Gasteiger partial charge in [-0.05, 0) is 43.5 Å². The first kappa shape index (κ1) is 23.0. The highest BCUT2D eigenvalue weighted by Crippen LogP contribution is 2.31. The molecule has 0 bridgehead atoms. The van der Waals surface area contributed by atoms with Gasteiger partial charge in [-0.2, -0.15) is 10.2 Å². The standard InChI is InChI=1S/C23H23FN6O4S/c1-13-18-20(32)29(16-7-10-27(2)19(16)31)23(33)28(22(18)35-21(13)30-25-8-9-26-30)11-6-14-12-15(24)4-5-17(14)34-3/h4-5,8-9,12,16H,6-7,10-11H2,1-3H3. The second-order valence-electron chi connectivity index (χ2n) is 8.41. The lowest BCUT2D eigenvalue weighted by Gasteiger charge is -2.17. The number of methoxy groups -OCH3 is 1. The molecule has 1 amide bonds. The van der Waals surface area contributed by atoms with Crippen LogP contribution in [0.15, 0.2) is 40.2 Å². The van der Waals surface area contributed by atoms with Crippen LogP contribution in [0, 0.1) is 12.7 Å². The summed E-state index contributed by atoms with van der Waals surface area (Å²) in [5.41, 5.74) is 0.123. The Labute approximate surface area is 202 Å². The number of aromatic nitrogens is 5. The fourth-order valence-corrected chi connectivity index (χ4v) is 5.79. The highest BCUT2D eigenvalue weighted by Gasteiger charge is 2.34. The number of fused-ring (bicyclic) bond motifs is 1. The molecule has 1 aliphatic heterocycles. The van der Waals surface area contributed by atoms with Crippen LogP contribution >= 0.6 is 11.3 Å². The summed E-state index contributed by atoms with van der Waals surface area (Å²) < 4.78 is 21.8. The molecule has 10 nitrogen and oxygen atoms in total. The van der Waals surface area contributed by atoms with Gasteiger partial charge >= 0.3 is 5.69 Å². The third-order valence-corrected chi connectivity index (χ3v) is 7.66. The van der Waals surface area contributed by atoms with Gasteiger partial charge in [0.05, 0.1) is 24.9 Å². The minimum atomic E-state index is -0.870. The van der Waals surface area contributed by atoms with Crippen LogP contribution in [0.5, 0.6) is 5.75 Å². The largest absolute Gasteiger partial charge is 0.496 e. The van der Waals surface area contributed by atoms with Crippen LogP contribution in [0.1, 0.15) is 23.6 Å². The van der Waals surface area contributed by atoms with Crippen molar-refractivity contribution in [3.05, 3.63) is 68.4 Å². The number of aryl methyl sites for hydroxylation is 3. The van der Waals surface area contributed by atoms with Crippen LogP contribution in [0.4, 0.5) is 4.39 Å². The average molecular weight is 499 g/mol. The highest BCUT2D eigenvalue weighted by atomic mass is 32.1. The van der Waals surface area contributed by atoms with Crippen LogP contribution in [0.2, 0.25) is 0 Å². The molecule has 1 fully saturated rings. The van der Waals surface area contributed by atoms with Gasteiger partial charge in [-0.25, -0.2) is 13.8 Å². The number of benzene rings is 1. The molecule has 0 N–H and O–H groups in total. The lowest BCUT2D eigenvalue weighted by atomic mass is 10.1. The van der Waals surface area contributed by atoms with Crippen LogP contribution in [0.25, 0.3) is 15.2 Å². The SMILES string of the molecule is COc1ccc(F)cc1CCn1c(=O)n(C2CCN(C)C2=O)c(=O)c2c(C)c(-n3nccn3)sc21. The van der Waals surface area contributed by atoms with Gasteiger partial charge in [0.1, 0.15) is 27.4 Å². The van der Waals surface area contributed by atoms with Crippen molar-refractivity contribution >= 4 is 27.5 Å². The van der Waals surface area contributed by atoms with Crippen LogP contribution in [-0.2, 0) is 17.8 Å². The molecule has 1 unspecified atom stereocenters. The van der Waals surface area contributed by atoms with E-state index in [4.69, 9.17) is 4.74 Å². The van der Waals surface area contributed by atoms with E-state index in [0.29, 0.717) is 45.1 Å². The Morgan fingerprint density at radius 1 is 1.20 bits per heavy atom. The summed E-state index contributed by atoms with van der Waals surface area (Å²) >= 11 is 1.22. The first-order valence-electron chi connectivity index (χ1n) is 11.0. The number of thiophene rings is 1. The summed E-state index contributed by atoms with van der Waals surface area (Å²) in [7, 11) is 3.15. The van der Waals surface area contributed by atoms with E-state index in [9.17, 15) is 18.8 Å². The number of hydrogen-bond donors (Lipinski definition) is 0. The summed E-state index contributed by atoms with van der Waals surface area (Å²) in [6, 6.07) is 3.34. The number of rotatable bonds is 6. The smallest absolute Gasteiger partial charge is 0.332 e. The van der Waals surface area contributed by atoms with Crippen molar-refractivity contribution in [1.82, 2.24) is 29.0 Å². The minimum Gasteiger partial charge on any atom is -0.496 e. The third kappa shape index (κ3) is 3.73. The van der Waals surface area contributed by atoms with Gasteiger partial charge in [0.15, 0.2) is 0 Å². The van der Waals surface area contributed by atoms with Crippen molar-refractivity contribution in [2.75, 3.05) is 20.7 Å². The Bertz CT molecular complexity index is 1550. The second-order valence-corrected chi connectivity index (χ2v) is 9.39. The molecule has 5 rings (SSSR count). The van der Waals surface area contributed by atoms with Gasteiger partial charge in [-0.3, -0.25) is 14.2 Å². The first-order valence-corrected chi connectivity index (χ1v) is 11.9. The molecule has 1 saturated heterocycles. The average Bonchev–Trinajstić information content (AvgIpc) is 3.55. The van der Waals surface area contributed by atoms with Crippen molar-refractivity contribution in [1.29, 1.82) is 0 Å². The second kappa shape index (κ2) is 8.77. The number of carbonyl (C=O) groups is 1. The minimum absolute atomic E-state index is 0.151. The number of likely N-dealkylation sites (N-methyl/N-ethyl adjacent to an activating group) is 1. The molecule has 182 valence electrons. The van der Waals surface area contributed by atoms with Crippen LogP contribution in [0.3, 0.4) is 0 Å². The van der Waals surface area contributed by atoms with Gasteiger partial charge in [-0.1, -0.05) is 11.3 Å². The summed E-state index contributed by atoms with van der Waals surface area (Å²) in [6.07, 6.45) is 3.69. The van der Waals surface area contributed by atoms with E-state index < -0.39 is 23.1 Å². The summed E-state index contributed by atoms with van der Waals surface area (Å²) in [6.45, 7) is 2.38. The van der Waals surface area contributed by atoms with E-state index in [-0.39, 0.29) is 18.9 Å². The Kier molecular flexibility index (Phi) is 5.75. The Hall–Kier alpha value is -3.80. The monoisotopic (exact) mass is 498 g/mol. The third-order valence-electron chi connectivity index (χ3n) is 6.38. The van der Waals surface area contributed by atoms with Crippen molar-refractivity contribution in [2.45, 2.75) is 32.4 Å². The highest BCUT2D eigenvalue weighted by molar-refractivity contribution is 7.21. The Morgan fingerprint density at radius 2 is 1.94 bits per heavy atom. The van der Waals surface area contributed by atoms with Crippen LogP contribution < -0.4 is 16.0 Å². The molecule has 1 atom stereocenters. The lowest BCUT2D eigenvalue weighted by Crippen LogP contribution is -2.44. The maximum Gasteiger partial charge on any atom is 0.332 e.